The first-order chi connectivity index (χ1) is 17.4. The fraction of sp³-hybridized carbons (Fsp3) is 0.286. The molecule has 0 bridgehead atoms. The van der Waals surface area contributed by atoms with Gasteiger partial charge in [0.15, 0.2) is 0 Å². The molecule has 0 spiro atoms. The van der Waals surface area contributed by atoms with Crippen LogP contribution in [0.4, 0.5) is 4.39 Å². The van der Waals surface area contributed by atoms with Gasteiger partial charge in [-0.3, -0.25) is 4.79 Å². The average molecular weight is 514 g/mol. The van der Waals surface area contributed by atoms with Crippen LogP contribution in [0.25, 0.3) is 16.7 Å². The minimum absolute atomic E-state index is 0.0288. The van der Waals surface area contributed by atoms with Crippen molar-refractivity contribution in [3.63, 3.8) is 0 Å². The van der Waals surface area contributed by atoms with Crippen LogP contribution in [0.1, 0.15) is 45.7 Å². The third kappa shape index (κ3) is 6.25. The van der Waals surface area contributed by atoms with Crippen LogP contribution in [0.5, 0.6) is 5.75 Å². The number of rotatable bonds is 5. The van der Waals surface area contributed by atoms with E-state index in [1.54, 1.807) is 29.4 Å². The maximum Gasteiger partial charge on any atom is 0.336 e. The van der Waals surface area contributed by atoms with Crippen LogP contribution >= 0.6 is 12.6 Å². The molecule has 2 aliphatic rings. The highest BCUT2D eigenvalue weighted by Crippen LogP contribution is 2.42. The van der Waals surface area contributed by atoms with Crippen LogP contribution in [0.15, 0.2) is 61.5 Å². The number of carboxylic acids is 1. The molecule has 0 aromatic heterocycles. The van der Waals surface area contributed by atoms with E-state index >= 15 is 0 Å². The highest BCUT2D eigenvalue weighted by Gasteiger charge is 2.26. The zero-order valence-corrected chi connectivity index (χ0v) is 21.7. The number of hydrogen-bond acceptors (Lipinski definition) is 5. The second-order valence-electron chi connectivity index (χ2n) is 7.49. The number of thiol groups is 1. The third-order valence-corrected chi connectivity index (χ3v) is 5.54. The molecule has 0 unspecified atom stereocenters. The van der Waals surface area contributed by atoms with Gasteiger partial charge in [0.25, 0.3) is 5.91 Å². The van der Waals surface area contributed by atoms with Crippen molar-refractivity contribution in [2.24, 2.45) is 0 Å². The largest absolute Gasteiger partial charge is 0.488 e. The van der Waals surface area contributed by atoms with Crippen molar-refractivity contribution in [1.29, 1.82) is 0 Å². The van der Waals surface area contributed by atoms with Crippen LogP contribution in [0, 0.1) is 0 Å². The van der Waals surface area contributed by atoms with Crippen LogP contribution in [-0.2, 0) is 11.3 Å². The van der Waals surface area contributed by atoms with Crippen LogP contribution in [0.2, 0.25) is 0 Å². The summed E-state index contributed by atoms with van der Waals surface area (Å²) in [6.45, 7) is 13.2. The fourth-order valence-corrected chi connectivity index (χ4v) is 3.97. The maximum absolute atomic E-state index is 14.0. The van der Waals surface area contributed by atoms with Crippen molar-refractivity contribution in [3.8, 4) is 16.9 Å². The lowest BCUT2D eigenvalue weighted by Crippen LogP contribution is -2.40. The molecule has 2 heterocycles. The van der Waals surface area contributed by atoms with Crippen molar-refractivity contribution in [2.45, 2.75) is 20.5 Å². The van der Waals surface area contributed by atoms with E-state index in [9.17, 15) is 19.1 Å². The number of carboxylic acid groups (broad SMARTS) is 1. The molecule has 192 valence electrons. The van der Waals surface area contributed by atoms with Crippen LogP contribution in [-0.4, -0.2) is 54.4 Å². The third-order valence-electron chi connectivity index (χ3n) is 5.54. The summed E-state index contributed by atoms with van der Waals surface area (Å²) in [4.78, 5) is 26.5. The van der Waals surface area contributed by atoms with Gasteiger partial charge in [0.1, 0.15) is 18.2 Å². The first-order valence-electron chi connectivity index (χ1n) is 11.6. The number of hydrogen-bond donors (Lipinski definition) is 2. The van der Waals surface area contributed by atoms with Gasteiger partial charge in [-0.1, -0.05) is 45.2 Å². The van der Waals surface area contributed by atoms with Gasteiger partial charge >= 0.3 is 5.97 Å². The van der Waals surface area contributed by atoms with E-state index in [1.807, 2.05) is 13.8 Å². The molecule has 1 N–H and O–H groups in total. The fourth-order valence-electron chi connectivity index (χ4n) is 3.97. The predicted molar refractivity (Wildman–Crippen MR) is 145 cm³/mol. The molecule has 2 aromatic carbocycles. The van der Waals surface area contributed by atoms with Gasteiger partial charge in [0, 0.05) is 35.4 Å². The molecule has 1 saturated heterocycles. The zero-order valence-electron chi connectivity index (χ0n) is 20.8. The van der Waals surface area contributed by atoms with Crippen LogP contribution in [0.3, 0.4) is 0 Å². The highest BCUT2D eigenvalue weighted by molar-refractivity contribution is 7.79. The number of nitrogens with zero attached hydrogens (tertiary/aromatic N) is 1. The first kappa shape index (κ1) is 28.9. The summed E-state index contributed by atoms with van der Waals surface area (Å²) >= 11 is 3.53. The molecule has 0 aliphatic carbocycles. The number of halogens is 1. The summed E-state index contributed by atoms with van der Waals surface area (Å²) in [6, 6.07) is 8.27. The van der Waals surface area contributed by atoms with Gasteiger partial charge in [-0.2, -0.15) is 12.6 Å². The lowest BCUT2D eigenvalue weighted by molar-refractivity contribution is 0.0302. The van der Waals surface area contributed by atoms with Crippen molar-refractivity contribution < 1.29 is 28.6 Å². The molecule has 0 radical (unpaired) electrons. The lowest BCUT2D eigenvalue weighted by atomic mass is 9.89. The molecule has 2 aliphatic heterocycles. The first-order valence-corrected chi connectivity index (χ1v) is 12.5. The topological polar surface area (TPSA) is 76.1 Å². The SMILES string of the molecule is C=C/C=C(\C(=C)F)c1cc2c(cc1C(=O)O)-c1ccc(C(=O)N3CCOCC3)cc1CO2.CC.CS. The smallest absolute Gasteiger partial charge is 0.336 e. The molecular formula is C28H32FNO5S. The number of aromatic carboxylic acids is 1. The molecule has 6 nitrogen and oxygen atoms in total. The quantitative estimate of drug-likeness (QED) is 0.377. The number of ether oxygens (including phenoxy) is 2. The Morgan fingerprint density at radius 2 is 1.75 bits per heavy atom. The van der Waals surface area contributed by atoms with Crippen molar-refractivity contribution in [3.05, 3.63) is 83.7 Å². The molecule has 2 aromatic rings. The molecule has 4 rings (SSSR count). The number of allylic oxidation sites excluding steroid dienone is 4. The second kappa shape index (κ2) is 13.7. The van der Waals surface area contributed by atoms with Gasteiger partial charge in [0.05, 0.1) is 18.8 Å². The van der Waals surface area contributed by atoms with Gasteiger partial charge < -0.3 is 19.5 Å². The lowest BCUT2D eigenvalue weighted by Gasteiger charge is -2.28. The highest BCUT2D eigenvalue weighted by atomic mass is 32.1. The Morgan fingerprint density at radius 3 is 2.33 bits per heavy atom. The number of carbonyl (C=O) groups excluding carboxylic acids is 1. The molecule has 0 saturated carbocycles. The summed E-state index contributed by atoms with van der Waals surface area (Å²) < 4.78 is 25.2. The molecule has 36 heavy (non-hydrogen) atoms. The summed E-state index contributed by atoms with van der Waals surface area (Å²) in [7, 11) is 0. The number of fused-ring (bicyclic) bond motifs is 3. The Hall–Kier alpha value is -3.36. The minimum Gasteiger partial charge on any atom is -0.488 e. The van der Waals surface area contributed by atoms with E-state index in [-0.39, 0.29) is 29.2 Å². The number of carbonyl (C=O) groups is 2. The summed E-state index contributed by atoms with van der Waals surface area (Å²) in [6.07, 6.45) is 4.44. The number of amides is 1. The van der Waals surface area contributed by atoms with Gasteiger partial charge in [-0.15, -0.1) is 0 Å². The Balaban J connectivity index is 0.00000109. The maximum atomic E-state index is 14.0. The van der Waals surface area contributed by atoms with Gasteiger partial charge in [-0.05, 0) is 41.6 Å². The van der Waals surface area contributed by atoms with E-state index in [4.69, 9.17) is 9.47 Å². The van der Waals surface area contributed by atoms with Crippen molar-refractivity contribution >= 4 is 30.1 Å². The van der Waals surface area contributed by atoms with Crippen molar-refractivity contribution in [1.82, 2.24) is 4.90 Å². The summed E-state index contributed by atoms with van der Waals surface area (Å²) in [5.74, 6) is -1.62. The Kier molecular flexibility index (Phi) is 11.0. The Labute approximate surface area is 217 Å². The standard InChI is InChI=1S/C25H22FNO5.C2H6.CH4S/c1-3-4-18(15(2)26)20-13-23-21(12-22(20)25(29)30)19-6-5-16(11-17(19)14-32-23)24(28)27-7-9-31-10-8-27;2*1-2/h3-6,11-13H,1-2,7-10,14H2,(H,29,30);1-2H3;2H,1H3/b18-4+;;. The van der Waals surface area contributed by atoms with E-state index < -0.39 is 11.8 Å². The second-order valence-corrected chi connectivity index (χ2v) is 7.49. The van der Waals surface area contributed by atoms with E-state index in [1.165, 1.54) is 24.3 Å². The van der Waals surface area contributed by atoms with Gasteiger partial charge in [0.2, 0.25) is 0 Å². The van der Waals surface area contributed by atoms with Gasteiger partial charge in [-0.25, -0.2) is 9.18 Å². The molecule has 1 fully saturated rings. The molecular weight excluding hydrogens is 481 g/mol. The van der Waals surface area contributed by atoms with E-state index in [0.717, 1.165) is 11.1 Å². The Morgan fingerprint density at radius 1 is 1.08 bits per heavy atom. The normalized spacial score (nSPS) is 13.9. The number of morpholine rings is 1. The van der Waals surface area contributed by atoms with Crippen molar-refractivity contribution in [2.75, 3.05) is 32.6 Å². The zero-order chi connectivity index (χ0) is 26.8. The summed E-state index contributed by atoms with van der Waals surface area (Å²) in [5, 5.41) is 9.77. The minimum atomic E-state index is -1.20. The summed E-state index contributed by atoms with van der Waals surface area (Å²) in [5.41, 5.74) is 2.76. The Bertz CT molecular complexity index is 1170. The van der Waals surface area contributed by atoms with E-state index in [0.29, 0.717) is 43.2 Å². The monoisotopic (exact) mass is 513 g/mol. The predicted octanol–water partition coefficient (Wildman–Crippen LogP) is 6.04. The van der Waals surface area contributed by atoms with Crippen LogP contribution < -0.4 is 4.74 Å². The number of benzene rings is 2. The molecule has 1 amide bonds. The molecule has 0 atom stereocenters. The molecule has 8 heteroatoms. The average Bonchev–Trinajstić information content (AvgIpc) is 2.92. The van der Waals surface area contributed by atoms with E-state index in [2.05, 4.69) is 25.8 Å².